The number of nitrogen functional groups attached to an aromatic ring is 1. The van der Waals surface area contributed by atoms with E-state index in [4.69, 9.17) is 5.84 Å². The zero-order valence-electron chi connectivity index (χ0n) is 12.3. The molecule has 2 heterocycles. The highest BCUT2D eigenvalue weighted by Crippen LogP contribution is 2.17. The van der Waals surface area contributed by atoms with Crippen LogP contribution in [0.25, 0.3) is 0 Å². The van der Waals surface area contributed by atoms with E-state index >= 15 is 0 Å². The summed E-state index contributed by atoms with van der Waals surface area (Å²) in [5, 5.41) is 5.70. The molecule has 0 fully saturated rings. The largest absolute Gasteiger partial charge is 0.346 e. The fraction of sp³-hybridized carbons (Fsp3) is 0.357. The molecule has 0 atom stereocenters. The predicted molar refractivity (Wildman–Crippen MR) is 84.2 cm³/mol. The van der Waals surface area contributed by atoms with Gasteiger partial charge in [0.1, 0.15) is 10.8 Å². The molecule has 0 spiro atoms. The molecule has 2 aromatic heterocycles. The summed E-state index contributed by atoms with van der Waals surface area (Å²) in [5.41, 5.74) is 4.81. The van der Waals surface area contributed by atoms with E-state index in [1.807, 2.05) is 26.2 Å². The van der Waals surface area contributed by atoms with Crippen LogP contribution in [0.1, 0.15) is 46.5 Å². The van der Waals surface area contributed by atoms with Crippen LogP contribution in [-0.2, 0) is 6.54 Å². The SMILES string of the molecule is Cc1csc(CNC(=O)c2cc(NN)nc(C(C)C)c2)n1. The van der Waals surface area contributed by atoms with Crippen LogP contribution >= 0.6 is 11.3 Å². The zero-order valence-corrected chi connectivity index (χ0v) is 13.1. The standard InChI is InChI=1S/C14H19N5OS/c1-8(2)11-4-10(5-12(18-11)19-15)14(20)16-6-13-17-9(3)7-21-13/h4-5,7-8H,6,15H2,1-3H3,(H,16,20)(H,18,19). The van der Waals surface area contributed by atoms with Crippen LogP contribution in [0.15, 0.2) is 17.5 Å². The number of nitrogens with two attached hydrogens (primary N) is 1. The van der Waals surface area contributed by atoms with Crippen LogP contribution < -0.4 is 16.6 Å². The highest BCUT2D eigenvalue weighted by atomic mass is 32.1. The lowest BCUT2D eigenvalue weighted by molar-refractivity contribution is 0.0950. The Kier molecular flexibility index (Phi) is 4.87. The number of hydrazine groups is 1. The Morgan fingerprint density at radius 2 is 2.14 bits per heavy atom. The number of hydrogen-bond donors (Lipinski definition) is 3. The molecular weight excluding hydrogens is 286 g/mol. The van der Waals surface area contributed by atoms with E-state index in [1.54, 1.807) is 12.1 Å². The van der Waals surface area contributed by atoms with Crippen LogP contribution in [-0.4, -0.2) is 15.9 Å². The second kappa shape index (κ2) is 6.64. The number of thiazole rings is 1. The van der Waals surface area contributed by atoms with Crippen LogP contribution in [0.5, 0.6) is 0 Å². The van der Waals surface area contributed by atoms with Crippen molar-refractivity contribution < 1.29 is 4.79 Å². The Hall–Kier alpha value is -1.99. The first kappa shape index (κ1) is 15.4. The smallest absolute Gasteiger partial charge is 0.251 e. The first-order valence-electron chi connectivity index (χ1n) is 6.67. The van der Waals surface area contributed by atoms with Crippen molar-refractivity contribution >= 4 is 23.1 Å². The van der Waals surface area contributed by atoms with Crippen LogP contribution in [0.2, 0.25) is 0 Å². The summed E-state index contributed by atoms with van der Waals surface area (Å²) < 4.78 is 0. The molecule has 21 heavy (non-hydrogen) atoms. The number of amides is 1. The average Bonchev–Trinajstić information content (AvgIpc) is 2.89. The molecule has 0 aliphatic carbocycles. The Labute approximate surface area is 127 Å². The number of aromatic nitrogens is 2. The van der Waals surface area contributed by atoms with Gasteiger partial charge in [0.15, 0.2) is 0 Å². The van der Waals surface area contributed by atoms with Crippen molar-refractivity contribution in [2.45, 2.75) is 33.2 Å². The molecule has 6 nitrogen and oxygen atoms in total. The van der Waals surface area contributed by atoms with Crippen molar-refractivity contribution in [3.05, 3.63) is 39.5 Å². The molecule has 0 radical (unpaired) electrons. The zero-order chi connectivity index (χ0) is 15.4. The summed E-state index contributed by atoms with van der Waals surface area (Å²) in [6, 6.07) is 3.42. The molecule has 1 amide bonds. The number of pyridine rings is 1. The van der Waals surface area contributed by atoms with Gasteiger partial charge in [-0.1, -0.05) is 13.8 Å². The van der Waals surface area contributed by atoms with Gasteiger partial charge in [0, 0.05) is 22.3 Å². The maximum atomic E-state index is 12.2. The van der Waals surface area contributed by atoms with Gasteiger partial charge in [-0.15, -0.1) is 11.3 Å². The fourth-order valence-corrected chi connectivity index (χ4v) is 2.51. The summed E-state index contributed by atoms with van der Waals surface area (Å²) in [7, 11) is 0. The Morgan fingerprint density at radius 3 is 2.71 bits per heavy atom. The highest BCUT2D eigenvalue weighted by molar-refractivity contribution is 7.09. The minimum absolute atomic E-state index is 0.163. The van der Waals surface area contributed by atoms with Gasteiger partial charge in [0.2, 0.25) is 0 Å². The Balaban J connectivity index is 2.12. The van der Waals surface area contributed by atoms with Gasteiger partial charge in [-0.05, 0) is 25.0 Å². The van der Waals surface area contributed by atoms with E-state index in [0.717, 1.165) is 16.4 Å². The molecule has 0 bridgehead atoms. The summed E-state index contributed by atoms with van der Waals surface area (Å²) in [6.07, 6.45) is 0. The molecule has 4 N–H and O–H groups in total. The summed E-state index contributed by atoms with van der Waals surface area (Å²) in [6.45, 7) is 6.38. The number of hydrogen-bond acceptors (Lipinski definition) is 6. The van der Waals surface area contributed by atoms with Crippen LogP contribution in [0.4, 0.5) is 5.82 Å². The number of anilines is 1. The topological polar surface area (TPSA) is 92.9 Å². The lowest BCUT2D eigenvalue weighted by Crippen LogP contribution is -2.23. The Morgan fingerprint density at radius 1 is 1.38 bits per heavy atom. The molecule has 0 unspecified atom stereocenters. The lowest BCUT2D eigenvalue weighted by Gasteiger charge is -2.10. The predicted octanol–water partition coefficient (Wildman–Crippen LogP) is 2.19. The van der Waals surface area contributed by atoms with Crippen molar-refractivity contribution in [2.24, 2.45) is 5.84 Å². The third kappa shape index (κ3) is 3.99. The van der Waals surface area contributed by atoms with Crippen LogP contribution in [0.3, 0.4) is 0 Å². The van der Waals surface area contributed by atoms with Gasteiger partial charge in [-0.2, -0.15) is 0 Å². The molecule has 112 valence electrons. The van der Waals surface area contributed by atoms with Crippen molar-refractivity contribution in [3.8, 4) is 0 Å². The molecular formula is C14H19N5OS. The number of carbonyl (C=O) groups is 1. The number of aryl methyl sites for hydroxylation is 1. The van der Waals surface area contributed by atoms with E-state index in [9.17, 15) is 4.79 Å². The van der Waals surface area contributed by atoms with Gasteiger partial charge in [-0.25, -0.2) is 15.8 Å². The van der Waals surface area contributed by atoms with Crippen molar-refractivity contribution in [1.29, 1.82) is 0 Å². The lowest BCUT2D eigenvalue weighted by atomic mass is 10.1. The Bertz CT molecular complexity index is 638. The van der Waals surface area contributed by atoms with E-state index in [1.165, 1.54) is 11.3 Å². The molecule has 0 aliphatic rings. The van der Waals surface area contributed by atoms with E-state index in [2.05, 4.69) is 20.7 Å². The monoisotopic (exact) mass is 305 g/mol. The van der Waals surface area contributed by atoms with E-state index in [-0.39, 0.29) is 11.8 Å². The normalized spacial score (nSPS) is 10.7. The number of nitrogens with one attached hydrogen (secondary N) is 2. The number of nitrogens with zero attached hydrogens (tertiary/aromatic N) is 2. The maximum Gasteiger partial charge on any atom is 0.251 e. The van der Waals surface area contributed by atoms with Gasteiger partial charge >= 0.3 is 0 Å². The quantitative estimate of drug-likeness (QED) is 0.581. The molecule has 2 aromatic rings. The molecule has 7 heteroatoms. The maximum absolute atomic E-state index is 12.2. The summed E-state index contributed by atoms with van der Waals surface area (Å²) >= 11 is 1.53. The van der Waals surface area contributed by atoms with Crippen molar-refractivity contribution in [3.63, 3.8) is 0 Å². The number of rotatable bonds is 5. The van der Waals surface area contributed by atoms with Crippen LogP contribution in [0, 0.1) is 6.92 Å². The van der Waals surface area contributed by atoms with E-state index in [0.29, 0.717) is 17.9 Å². The van der Waals surface area contributed by atoms with Gasteiger partial charge in [0.05, 0.1) is 6.54 Å². The second-order valence-electron chi connectivity index (χ2n) is 5.03. The summed E-state index contributed by atoms with van der Waals surface area (Å²) in [4.78, 5) is 20.9. The van der Waals surface area contributed by atoms with Gasteiger partial charge in [-0.3, -0.25) is 4.79 Å². The van der Waals surface area contributed by atoms with Gasteiger partial charge < -0.3 is 10.7 Å². The van der Waals surface area contributed by atoms with Gasteiger partial charge in [0.25, 0.3) is 5.91 Å². The molecule has 0 saturated carbocycles. The average molecular weight is 305 g/mol. The fourth-order valence-electron chi connectivity index (χ4n) is 1.79. The molecule has 0 aliphatic heterocycles. The van der Waals surface area contributed by atoms with Crippen molar-refractivity contribution in [1.82, 2.24) is 15.3 Å². The third-order valence-electron chi connectivity index (χ3n) is 2.91. The van der Waals surface area contributed by atoms with Crippen molar-refractivity contribution in [2.75, 3.05) is 5.43 Å². The molecule has 0 aromatic carbocycles. The first-order valence-corrected chi connectivity index (χ1v) is 7.55. The highest BCUT2D eigenvalue weighted by Gasteiger charge is 2.12. The minimum Gasteiger partial charge on any atom is -0.346 e. The summed E-state index contributed by atoms with van der Waals surface area (Å²) in [5.74, 6) is 5.94. The minimum atomic E-state index is -0.163. The third-order valence-corrected chi connectivity index (χ3v) is 3.88. The molecule has 0 saturated heterocycles. The number of carbonyl (C=O) groups excluding carboxylic acids is 1. The molecule has 2 rings (SSSR count). The van der Waals surface area contributed by atoms with E-state index < -0.39 is 0 Å². The first-order chi connectivity index (χ1) is 9.99. The second-order valence-corrected chi connectivity index (χ2v) is 5.97.